The minimum absolute atomic E-state index is 0.303. The lowest BCUT2D eigenvalue weighted by Crippen LogP contribution is -2.42. The zero-order valence-corrected chi connectivity index (χ0v) is 16.1. The van der Waals surface area contributed by atoms with Gasteiger partial charge in [-0.3, -0.25) is 4.99 Å². The summed E-state index contributed by atoms with van der Waals surface area (Å²) in [5, 5.41) is 3.43. The fourth-order valence-electron chi connectivity index (χ4n) is 2.74. The van der Waals surface area contributed by atoms with E-state index in [2.05, 4.69) is 28.2 Å². The summed E-state index contributed by atoms with van der Waals surface area (Å²) < 4.78 is 11.2. The van der Waals surface area contributed by atoms with Crippen LogP contribution in [0, 0.1) is 0 Å². The van der Waals surface area contributed by atoms with Crippen molar-refractivity contribution in [2.24, 2.45) is 4.99 Å². The van der Waals surface area contributed by atoms with Gasteiger partial charge in [0.15, 0.2) is 5.96 Å². The van der Waals surface area contributed by atoms with E-state index in [-0.39, 0.29) is 0 Å². The molecule has 1 unspecified atom stereocenters. The molecule has 0 aliphatic carbocycles. The topological polar surface area (TPSA) is 46.1 Å². The van der Waals surface area contributed by atoms with E-state index >= 15 is 0 Å². The maximum atomic E-state index is 5.76. The Morgan fingerprint density at radius 2 is 1.81 bits per heavy atom. The van der Waals surface area contributed by atoms with Crippen molar-refractivity contribution in [2.75, 3.05) is 40.9 Å². The molecule has 2 aromatic carbocycles. The van der Waals surface area contributed by atoms with Crippen LogP contribution in [0.15, 0.2) is 59.6 Å². The number of nitrogens with zero attached hydrogens (tertiary/aromatic N) is 2. The van der Waals surface area contributed by atoms with Crippen LogP contribution < -0.4 is 14.8 Å². The Labute approximate surface area is 156 Å². The van der Waals surface area contributed by atoms with Crippen LogP contribution in [-0.2, 0) is 0 Å². The molecule has 5 nitrogen and oxygen atoms in total. The van der Waals surface area contributed by atoms with Crippen molar-refractivity contribution >= 4 is 5.96 Å². The summed E-state index contributed by atoms with van der Waals surface area (Å²) in [7, 11) is 5.51. The summed E-state index contributed by atoms with van der Waals surface area (Å²) in [5.41, 5.74) is 1.19. The molecule has 0 radical (unpaired) electrons. The van der Waals surface area contributed by atoms with E-state index in [0.717, 1.165) is 30.5 Å². The van der Waals surface area contributed by atoms with Gasteiger partial charge in [0, 0.05) is 26.6 Å². The van der Waals surface area contributed by atoms with Crippen LogP contribution in [-0.4, -0.2) is 51.8 Å². The average Bonchev–Trinajstić information content (AvgIpc) is 2.69. The number of ether oxygens (including phenoxy) is 2. The molecule has 0 aliphatic rings. The van der Waals surface area contributed by atoms with E-state index in [1.165, 1.54) is 5.56 Å². The van der Waals surface area contributed by atoms with E-state index in [9.17, 15) is 0 Å². The van der Waals surface area contributed by atoms with Gasteiger partial charge < -0.3 is 19.7 Å². The summed E-state index contributed by atoms with van der Waals surface area (Å²) in [6.45, 7) is 4.30. The Morgan fingerprint density at radius 3 is 2.50 bits per heavy atom. The maximum Gasteiger partial charge on any atom is 0.193 e. The molecule has 0 amide bonds. The third-order valence-corrected chi connectivity index (χ3v) is 4.25. The molecule has 0 bridgehead atoms. The summed E-state index contributed by atoms with van der Waals surface area (Å²) in [5.74, 6) is 2.95. The Hall–Kier alpha value is -2.69. The zero-order valence-electron chi connectivity index (χ0n) is 16.1. The number of methoxy groups -OCH3 is 1. The van der Waals surface area contributed by atoms with Gasteiger partial charge in [0.1, 0.15) is 18.1 Å². The Kier molecular flexibility index (Phi) is 7.80. The van der Waals surface area contributed by atoms with Crippen LogP contribution >= 0.6 is 0 Å². The number of para-hydroxylation sites is 2. The molecule has 5 heteroatoms. The third kappa shape index (κ3) is 5.69. The Bertz CT molecular complexity index is 689. The minimum atomic E-state index is 0.303. The zero-order chi connectivity index (χ0) is 18.8. The van der Waals surface area contributed by atoms with Gasteiger partial charge in [-0.25, -0.2) is 0 Å². The molecule has 140 valence electrons. The quantitative estimate of drug-likeness (QED) is 0.582. The van der Waals surface area contributed by atoms with E-state index in [4.69, 9.17) is 9.47 Å². The van der Waals surface area contributed by atoms with E-state index in [1.54, 1.807) is 14.2 Å². The first-order valence-electron chi connectivity index (χ1n) is 8.88. The van der Waals surface area contributed by atoms with Crippen molar-refractivity contribution < 1.29 is 9.47 Å². The molecule has 0 spiro atoms. The predicted octanol–water partition coefficient (Wildman–Crippen LogP) is 3.38. The predicted molar refractivity (Wildman–Crippen MR) is 107 cm³/mol. The van der Waals surface area contributed by atoms with Gasteiger partial charge in [-0.05, 0) is 23.8 Å². The smallest absolute Gasteiger partial charge is 0.193 e. The number of guanidine groups is 1. The first kappa shape index (κ1) is 19.6. The van der Waals surface area contributed by atoms with Crippen molar-refractivity contribution in [3.05, 3.63) is 60.2 Å². The van der Waals surface area contributed by atoms with Crippen LogP contribution in [0.2, 0.25) is 0 Å². The maximum absolute atomic E-state index is 5.76. The lowest BCUT2D eigenvalue weighted by atomic mass is 10.0. The molecule has 2 aromatic rings. The molecule has 0 saturated carbocycles. The van der Waals surface area contributed by atoms with Crippen molar-refractivity contribution in [3.63, 3.8) is 0 Å². The van der Waals surface area contributed by atoms with Crippen LogP contribution in [0.4, 0.5) is 0 Å². The molecule has 0 fully saturated rings. The molecular formula is C21H29N3O2. The SMILES string of the molecule is CN=C(NCC(C)c1ccccc1OC)N(C)CCOc1ccccc1. The summed E-state index contributed by atoms with van der Waals surface area (Å²) in [6, 6.07) is 18.0. The van der Waals surface area contributed by atoms with Crippen LogP contribution in [0.5, 0.6) is 11.5 Å². The summed E-state index contributed by atoms with van der Waals surface area (Å²) >= 11 is 0. The first-order chi connectivity index (χ1) is 12.7. The lowest BCUT2D eigenvalue weighted by Gasteiger charge is -2.24. The van der Waals surface area contributed by atoms with Crippen LogP contribution in [0.3, 0.4) is 0 Å². The van der Waals surface area contributed by atoms with E-state index < -0.39 is 0 Å². The second kappa shape index (κ2) is 10.3. The monoisotopic (exact) mass is 355 g/mol. The normalized spacial score (nSPS) is 12.4. The fraction of sp³-hybridized carbons (Fsp3) is 0.381. The standard InChI is InChI=1S/C21H29N3O2/c1-17(19-12-8-9-13-20(19)25-4)16-23-21(22-2)24(3)14-15-26-18-10-6-5-7-11-18/h5-13,17H,14-16H2,1-4H3,(H,22,23). The molecule has 26 heavy (non-hydrogen) atoms. The van der Waals surface area contributed by atoms with E-state index in [1.807, 2.05) is 55.6 Å². The van der Waals surface area contributed by atoms with Crippen molar-refractivity contribution in [3.8, 4) is 11.5 Å². The minimum Gasteiger partial charge on any atom is -0.496 e. The number of hydrogen-bond donors (Lipinski definition) is 1. The van der Waals surface area contributed by atoms with Gasteiger partial charge in [-0.15, -0.1) is 0 Å². The molecule has 0 heterocycles. The largest absolute Gasteiger partial charge is 0.496 e. The van der Waals surface area contributed by atoms with Gasteiger partial charge in [-0.2, -0.15) is 0 Å². The van der Waals surface area contributed by atoms with Gasteiger partial charge >= 0.3 is 0 Å². The number of rotatable bonds is 8. The number of likely N-dealkylation sites (N-methyl/N-ethyl adjacent to an activating group) is 1. The second-order valence-corrected chi connectivity index (χ2v) is 6.15. The van der Waals surface area contributed by atoms with Crippen molar-refractivity contribution in [2.45, 2.75) is 12.8 Å². The molecule has 2 rings (SSSR count). The van der Waals surface area contributed by atoms with Gasteiger partial charge in [0.05, 0.1) is 13.7 Å². The highest BCUT2D eigenvalue weighted by molar-refractivity contribution is 5.79. The first-order valence-corrected chi connectivity index (χ1v) is 8.88. The van der Waals surface area contributed by atoms with Crippen molar-refractivity contribution in [1.29, 1.82) is 0 Å². The molecule has 0 aliphatic heterocycles. The number of hydrogen-bond acceptors (Lipinski definition) is 3. The van der Waals surface area contributed by atoms with E-state index in [0.29, 0.717) is 12.5 Å². The van der Waals surface area contributed by atoms with Crippen LogP contribution in [0.25, 0.3) is 0 Å². The molecule has 1 atom stereocenters. The van der Waals surface area contributed by atoms with Gasteiger partial charge in [0.25, 0.3) is 0 Å². The highest BCUT2D eigenvalue weighted by Gasteiger charge is 2.13. The number of benzene rings is 2. The Morgan fingerprint density at radius 1 is 1.12 bits per heavy atom. The molecular weight excluding hydrogens is 326 g/mol. The highest BCUT2D eigenvalue weighted by Crippen LogP contribution is 2.25. The van der Waals surface area contributed by atoms with Gasteiger partial charge in [-0.1, -0.05) is 43.3 Å². The lowest BCUT2D eigenvalue weighted by molar-refractivity contribution is 0.281. The molecule has 1 N–H and O–H groups in total. The summed E-state index contributed by atoms with van der Waals surface area (Å²) in [4.78, 5) is 6.43. The summed E-state index contributed by atoms with van der Waals surface area (Å²) in [6.07, 6.45) is 0. The average molecular weight is 355 g/mol. The highest BCUT2D eigenvalue weighted by atomic mass is 16.5. The third-order valence-electron chi connectivity index (χ3n) is 4.25. The van der Waals surface area contributed by atoms with Crippen molar-refractivity contribution in [1.82, 2.24) is 10.2 Å². The molecule has 0 aromatic heterocycles. The second-order valence-electron chi connectivity index (χ2n) is 6.15. The fourth-order valence-corrected chi connectivity index (χ4v) is 2.74. The Balaban J connectivity index is 1.82. The van der Waals surface area contributed by atoms with Gasteiger partial charge in [0.2, 0.25) is 0 Å². The van der Waals surface area contributed by atoms with Crippen LogP contribution in [0.1, 0.15) is 18.4 Å². The molecule has 0 saturated heterocycles. The number of nitrogens with one attached hydrogen (secondary N) is 1. The number of aliphatic imine (C=N–C) groups is 1.